The van der Waals surface area contributed by atoms with Gasteiger partial charge in [0.15, 0.2) is 0 Å². The number of hydrogen-bond acceptors (Lipinski definition) is 4. The van der Waals surface area contributed by atoms with E-state index in [0.29, 0.717) is 31.8 Å². The lowest BCUT2D eigenvalue weighted by Gasteiger charge is -2.27. The lowest BCUT2D eigenvalue weighted by atomic mass is 10.0. The van der Waals surface area contributed by atoms with Gasteiger partial charge in [0.05, 0.1) is 13.1 Å². The monoisotopic (exact) mass is 296 g/mol. The summed E-state index contributed by atoms with van der Waals surface area (Å²) in [6.45, 7) is 1.72. The van der Waals surface area contributed by atoms with E-state index in [0.717, 1.165) is 0 Å². The number of methoxy groups -OCH3 is 1. The van der Waals surface area contributed by atoms with Gasteiger partial charge in [0.25, 0.3) is 0 Å². The van der Waals surface area contributed by atoms with Gasteiger partial charge in [-0.25, -0.2) is 4.39 Å². The average molecular weight is 296 g/mol. The summed E-state index contributed by atoms with van der Waals surface area (Å²) >= 11 is 0. The molecular formula is C15H21FN2O3. The first-order valence-electron chi connectivity index (χ1n) is 6.94. The third-order valence-electron chi connectivity index (χ3n) is 3.73. The van der Waals surface area contributed by atoms with Gasteiger partial charge in [0.1, 0.15) is 23.8 Å². The molecule has 1 aromatic rings. The number of nitrogens with one attached hydrogen (secondary N) is 1. The number of ether oxygens (including phenoxy) is 2. The molecule has 1 atom stereocenters. The third kappa shape index (κ3) is 3.92. The highest BCUT2D eigenvalue weighted by molar-refractivity contribution is 5.78. The number of likely N-dealkylation sites (tertiary alicyclic amines) is 1. The van der Waals surface area contributed by atoms with Gasteiger partial charge in [0, 0.05) is 19.7 Å². The van der Waals surface area contributed by atoms with Gasteiger partial charge in [-0.15, -0.1) is 0 Å². The summed E-state index contributed by atoms with van der Waals surface area (Å²) in [4.78, 5) is 13.6. The molecule has 0 radical (unpaired) electrons. The summed E-state index contributed by atoms with van der Waals surface area (Å²) in [5.41, 5.74) is -0.532. The van der Waals surface area contributed by atoms with Gasteiger partial charge >= 0.3 is 0 Å². The van der Waals surface area contributed by atoms with Crippen LogP contribution in [0.3, 0.4) is 0 Å². The largest absolute Gasteiger partial charge is 0.490 e. The van der Waals surface area contributed by atoms with Crippen LogP contribution in [0.5, 0.6) is 5.75 Å². The minimum absolute atomic E-state index is 0.0437. The van der Waals surface area contributed by atoms with E-state index in [4.69, 9.17) is 9.47 Å². The van der Waals surface area contributed by atoms with Crippen LogP contribution >= 0.6 is 0 Å². The van der Waals surface area contributed by atoms with Gasteiger partial charge in [-0.05, 0) is 25.6 Å². The Morgan fingerprint density at radius 1 is 1.52 bits per heavy atom. The van der Waals surface area contributed by atoms with Crippen LogP contribution in [-0.2, 0) is 9.53 Å². The maximum Gasteiger partial charge on any atom is 0.236 e. The topological polar surface area (TPSA) is 50.8 Å². The van der Waals surface area contributed by atoms with Crippen molar-refractivity contribution in [2.45, 2.75) is 12.0 Å². The van der Waals surface area contributed by atoms with Crippen LogP contribution in [0.2, 0.25) is 0 Å². The first-order valence-corrected chi connectivity index (χ1v) is 6.94. The molecule has 0 spiro atoms. The van der Waals surface area contributed by atoms with Gasteiger partial charge in [-0.1, -0.05) is 6.07 Å². The van der Waals surface area contributed by atoms with Crippen LogP contribution < -0.4 is 10.1 Å². The van der Waals surface area contributed by atoms with Gasteiger partial charge in [-0.3, -0.25) is 4.79 Å². The molecule has 0 unspecified atom stereocenters. The van der Waals surface area contributed by atoms with Crippen molar-refractivity contribution in [2.75, 3.05) is 40.4 Å². The zero-order valence-corrected chi connectivity index (χ0v) is 12.4. The Balaban J connectivity index is 1.95. The number of benzene rings is 1. The maximum atomic E-state index is 13.1. The Kier molecular flexibility index (Phi) is 5.14. The second-order valence-electron chi connectivity index (χ2n) is 5.23. The van der Waals surface area contributed by atoms with Crippen molar-refractivity contribution in [1.82, 2.24) is 10.2 Å². The molecule has 1 amide bonds. The van der Waals surface area contributed by atoms with E-state index in [2.05, 4.69) is 5.32 Å². The summed E-state index contributed by atoms with van der Waals surface area (Å²) in [6, 6.07) is 6.00. The third-order valence-corrected chi connectivity index (χ3v) is 3.73. The summed E-state index contributed by atoms with van der Waals surface area (Å²) in [7, 11) is 3.35. The van der Waals surface area contributed by atoms with Crippen molar-refractivity contribution in [1.29, 1.82) is 0 Å². The lowest BCUT2D eigenvalue weighted by Crippen LogP contribution is -2.44. The number of hydrogen-bond donors (Lipinski definition) is 1. The molecule has 1 N–H and O–H groups in total. The van der Waals surface area contributed by atoms with Gasteiger partial charge in [0.2, 0.25) is 5.91 Å². The molecule has 21 heavy (non-hydrogen) atoms. The van der Waals surface area contributed by atoms with Crippen molar-refractivity contribution < 1.29 is 18.7 Å². The van der Waals surface area contributed by atoms with Crippen LogP contribution in [-0.4, -0.2) is 56.8 Å². The predicted octanol–water partition coefficient (Wildman–Crippen LogP) is 1.04. The zero-order valence-electron chi connectivity index (χ0n) is 12.4. The SMILES string of the molecule is CNCC(=O)N1CC[C@](COc2cccc(F)c2)(OC)C1. The van der Waals surface area contributed by atoms with Crippen molar-refractivity contribution in [3.8, 4) is 5.75 Å². The number of amides is 1. The lowest BCUT2D eigenvalue weighted by molar-refractivity contribution is -0.130. The summed E-state index contributed by atoms with van der Waals surface area (Å²) in [5.74, 6) is 0.171. The number of nitrogens with zero attached hydrogens (tertiary/aromatic N) is 1. The molecule has 5 nitrogen and oxygen atoms in total. The second-order valence-corrected chi connectivity index (χ2v) is 5.23. The highest BCUT2D eigenvalue weighted by Gasteiger charge is 2.40. The Morgan fingerprint density at radius 3 is 3.00 bits per heavy atom. The summed E-state index contributed by atoms with van der Waals surface area (Å²) in [5, 5.41) is 2.85. The Bertz CT molecular complexity index is 498. The number of rotatable bonds is 6. The van der Waals surface area contributed by atoms with E-state index >= 15 is 0 Å². The van der Waals surface area contributed by atoms with Gasteiger partial charge in [-0.2, -0.15) is 0 Å². The fourth-order valence-electron chi connectivity index (χ4n) is 2.44. The average Bonchev–Trinajstić information content (AvgIpc) is 2.91. The highest BCUT2D eigenvalue weighted by Crippen LogP contribution is 2.26. The van der Waals surface area contributed by atoms with Crippen molar-refractivity contribution in [3.63, 3.8) is 0 Å². The molecular weight excluding hydrogens is 275 g/mol. The van der Waals surface area contributed by atoms with Crippen LogP contribution in [0.4, 0.5) is 4.39 Å². The molecule has 0 aliphatic carbocycles. The predicted molar refractivity (Wildman–Crippen MR) is 76.8 cm³/mol. The van der Waals surface area contributed by atoms with Crippen molar-refractivity contribution in [3.05, 3.63) is 30.1 Å². The molecule has 0 bridgehead atoms. The molecule has 116 valence electrons. The maximum absolute atomic E-state index is 13.1. The molecule has 1 aliphatic heterocycles. The standard InChI is InChI=1S/C15H21FN2O3/c1-17-9-14(19)18-7-6-15(10-18,20-2)11-21-13-5-3-4-12(16)8-13/h3-5,8,17H,6-7,9-11H2,1-2H3/t15-/m0/s1. The van der Waals surface area contributed by atoms with E-state index in [9.17, 15) is 9.18 Å². The molecule has 1 heterocycles. The minimum atomic E-state index is -0.532. The number of carbonyl (C=O) groups excluding carboxylic acids is 1. The molecule has 2 rings (SSSR count). The molecule has 1 aromatic carbocycles. The molecule has 1 aliphatic rings. The van der Waals surface area contributed by atoms with Crippen LogP contribution in [0.15, 0.2) is 24.3 Å². The first-order chi connectivity index (χ1) is 10.1. The van der Waals surface area contributed by atoms with Gasteiger partial charge < -0.3 is 19.7 Å². The van der Waals surface area contributed by atoms with E-state index in [1.807, 2.05) is 0 Å². The summed E-state index contributed by atoms with van der Waals surface area (Å²) in [6.07, 6.45) is 0.703. The molecule has 6 heteroatoms. The normalized spacial score (nSPS) is 21.6. The quantitative estimate of drug-likeness (QED) is 0.852. The Labute approximate surface area is 124 Å². The Hall–Kier alpha value is -1.66. The van der Waals surface area contributed by atoms with Crippen LogP contribution in [0, 0.1) is 5.82 Å². The molecule has 0 saturated carbocycles. The number of halogens is 1. The van der Waals surface area contributed by atoms with Crippen molar-refractivity contribution in [2.24, 2.45) is 0 Å². The van der Waals surface area contributed by atoms with Crippen LogP contribution in [0.25, 0.3) is 0 Å². The fourth-order valence-corrected chi connectivity index (χ4v) is 2.44. The molecule has 0 aromatic heterocycles. The second kappa shape index (κ2) is 6.87. The fraction of sp³-hybridized carbons (Fsp3) is 0.533. The Morgan fingerprint density at radius 2 is 2.33 bits per heavy atom. The molecule has 1 saturated heterocycles. The van der Waals surface area contributed by atoms with E-state index in [1.165, 1.54) is 12.1 Å². The van der Waals surface area contributed by atoms with Crippen molar-refractivity contribution >= 4 is 5.91 Å². The first kappa shape index (κ1) is 15.7. The minimum Gasteiger partial charge on any atom is -0.490 e. The van der Waals surface area contributed by atoms with E-state index in [-0.39, 0.29) is 18.3 Å². The highest BCUT2D eigenvalue weighted by atomic mass is 19.1. The zero-order chi connectivity index (χ0) is 15.3. The van der Waals surface area contributed by atoms with E-state index in [1.54, 1.807) is 31.2 Å². The smallest absolute Gasteiger partial charge is 0.236 e. The van der Waals surface area contributed by atoms with E-state index < -0.39 is 5.60 Å². The van der Waals surface area contributed by atoms with Crippen LogP contribution in [0.1, 0.15) is 6.42 Å². The number of carbonyl (C=O) groups is 1. The molecule has 1 fully saturated rings. The number of likely N-dealkylation sites (N-methyl/N-ethyl adjacent to an activating group) is 1. The summed E-state index contributed by atoms with van der Waals surface area (Å²) < 4.78 is 24.3.